The summed E-state index contributed by atoms with van der Waals surface area (Å²) >= 11 is 0. The fourth-order valence-corrected chi connectivity index (χ4v) is 1.78. The highest BCUT2D eigenvalue weighted by molar-refractivity contribution is 5.78. The van der Waals surface area contributed by atoms with Gasteiger partial charge in [0.25, 0.3) is 0 Å². The average Bonchev–Trinajstić information content (AvgIpc) is 2.21. The first-order chi connectivity index (χ1) is 8.38. The zero-order valence-corrected chi connectivity index (χ0v) is 10.4. The van der Waals surface area contributed by atoms with Gasteiger partial charge in [0.1, 0.15) is 0 Å². The van der Waals surface area contributed by atoms with Crippen LogP contribution in [0.25, 0.3) is 0 Å². The summed E-state index contributed by atoms with van der Waals surface area (Å²) in [6.07, 6.45) is -0.382. The summed E-state index contributed by atoms with van der Waals surface area (Å²) in [5.41, 5.74) is 2.95. The Labute approximate surface area is 105 Å². The maximum atomic E-state index is 10.9. The molecule has 0 fully saturated rings. The van der Waals surface area contributed by atoms with E-state index in [0.29, 0.717) is 0 Å². The molecule has 5 heteroatoms. The van der Waals surface area contributed by atoms with E-state index in [4.69, 9.17) is 10.2 Å². The lowest BCUT2D eigenvalue weighted by atomic mass is 10.1. The van der Waals surface area contributed by atoms with Crippen molar-refractivity contribution in [2.75, 3.05) is 11.9 Å². The SMILES string of the molecule is Cc1cc(C)cc(NCC(CC(=O)O)C(=O)O)c1. The van der Waals surface area contributed by atoms with Gasteiger partial charge in [0, 0.05) is 12.2 Å². The number of benzene rings is 1. The molecule has 0 saturated carbocycles. The number of aliphatic carboxylic acids is 2. The molecule has 0 aliphatic rings. The van der Waals surface area contributed by atoms with Crippen LogP contribution in [0.4, 0.5) is 5.69 Å². The molecule has 0 amide bonds. The minimum atomic E-state index is -1.11. The lowest BCUT2D eigenvalue weighted by Gasteiger charge is -2.13. The molecule has 0 aliphatic heterocycles. The first kappa shape index (κ1) is 14.0. The Balaban J connectivity index is 2.66. The van der Waals surface area contributed by atoms with Crippen LogP contribution in [0.3, 0.4) is 0 Å². The second-order valence-electron chi connectivity index (χ2n) is 4.39. The lowest BCUT2D eigenvalue weighted by molar-refractivity contribution is -0.147. The summed E-state index contributed by atoms with van der Waals surface area (Å²) in [4.78, 5) is 21.4. The summed E-state index contributed by atoms with van der Waals surface area (Å²) in [5, 5.41) is 20.5. The quantitative estimate of drug-likeness (QED) is 0.718. The third-order valence-electron chi connectivity index (χ3n) is 2.54. The molecule has 98 valence electrons. The summed E-state index contributed by atoms with van der Waals surface area (Å²) < 4.78 is 0. The summed E-state index contributed by atoms with van der Waals surface area (Å²) in [5.74, 6) is -3.14. The van der Waals surface area contributed by atoms with Crippen molar-refractivity contribution in [3.05, 3.63) is 29.3 Å². The van der Waals surface area contributed by atoms with Gasteiger partial charge in [0.05, 0.1) is 12.3 Å². The van der Waals surface area contributed by atoms with Crippen LogP contribution in [0.2, 0.25) is 0 Å². The predicted octanol–water partition coefficient (Wildman–Crippen LogP) is 1.89. The Hall–Kier alpha value is -2.04. The van der Waals surface area contributed by atoms with Crippen molar-refractivity contribution < 1.29 is 19.8 Å². The van der Waals surface area contributed by atoms with Crippen LogP contribution < -0.4 is 5.32 Å². The van der Waals surface area contributed by atoms with E-state index < -0.39 is 17.9 Å². The Kier molecular flexibility index (Phi) is 4.71. The minimum Gasteiger partial charge on any atom is -0.481 e. The third-order valence-corrected chi connectivity index (χ3v) is 2.54. The Morgan fingerprint density at radius 2 is 1.72 bits per heavy atom. The molecular weight excluding hydrogens is 234 g/mol. The smallest absolute Gasteiger partial charge is 0.308 e. The van der Waals surface area contributed by atoms with E-state index in [9.17, 15) is 9.59 Å². The van der Waals surface area contributed by atoms with Crippen LogP contribution in [0, 0.1) is 19.8 Å². The van der Waals surface area contributed by atoms with E-state index in [-0.39, 0.29) is 13.0 Å². The largest absolute Gasteiger partial charge is 0.481 e. The highest BCUT2D eigenvalue weighted by Gasteiger charge is 2.20. The number of hydrogen-bond donors (Lipinski definition) is 3. The van der Waals surface area contributed by atoms with Crippen molar-refractivity contribution in [3.63, 3.8) is 0 Å². The third kappa shape index (κ3) is 4.45. The van der Waals surface area contributed by atoms with Crippen LogP contribution in [-0.4, -0.2) is 28.7 Å². The van der Waals surface area contributed by atoms with E-state index in [0.717, 1.165) is 16.8 Å². The number of carboxylic acid groups (broad SMARTS) is 2. The van der Waals surface area contributed by atoms with E-state index in [2.05, 4.69) is 5.32 Å². The lowest BCUT2D eigenvalue weighted by Crippen LogP contribution is -2.25. The molecule has 1 unspecified atom stereocenters. The Bertz CT molecular complexity index is 436. The predicted molar refractivity (Wildman–Crippen MR) is 67.8 cm³/mol. The molecular formula is C13H17NO4. The Morgan fingerprint density at radius 3 is 2.17 bits per heavy atom. The average molecular weight is 251 g/mol. The monoisotopic (exact) mass is 251 g/mol. The molecule has 18 heavy (non-hydrogen) atoms. The fourth-order valence-electron chi connectivity index (χ4n) is 1.78. The van der Waals surface area contributed by atoms with Crippen LogP contribution in [0.15, 0.2) is 18.2 Å². The minimum absolute atomic E-state index is 0.102. The van der Waals surface area contributed by atoms with Crippen LogP contribution >= 0.6 is 0 Å². The number of hydrogen-bond acceptors (Lipinski definition) is 3. The molecule has 1 aromatic carbocycles. The number of carboxylic acids is 2. The zero-order chi connectivity index (χ0) is 13.7. The molecule has 1 aromatic rings. The Morgan fingerprint density at radius 1 is 1.17 bits per heavy atom. The van der Waals surface area contributed by atoms with Gasteiger partial charge in [0.2, 0.25) is 0 Å². The van der Waals surface area contributed by atoms with Gasteiger partial charge in [-0.25, -0.2) is 0 Å². The number of aryl methyl sites for hydroxylation is 2. The molecule has 3 N–H and O–H groups in total. The molecule has 1 rings (SSSR count). The fraction of sp³-hybridized carbons (Fsp3) is 0.385. The standard InChI is InChI=1S/C13H17NO4/c1-8-3-9(2)5-11(4-8)14-7-10(13(17)18)6-12(15)16/h3-5,10,14H,6-7H2,1-2H3,(H,15,16)(H,17,18). The molecule has 1 atom stereocenters. The second-order valence-corrected chi connectivity index (χ2v) is 4.39. The normalized spacial score (nSPS) is 11.9. The van der Waals surface area contributed by atoms with Crippen molar-refractivity contribution in [2.45, 2.75) is 20.3 Å². The van der Waals surface area contributed by atoms with Gasteiger partial charge in [-0.15, -0.1) is 0 Å². The molecule has 0 bridgehead atoms. The van der Waals surface area contributed by atoms with Crippen molar-refractivity contribution in [2.24, 2.45) is 5.92 Å². The van der Waals surface area contributed by atoms with E-state index >= 15 is 0 Å². The maximum Gasteiger partial charge on any atom is 0.308 e. The maximum absolute atomic E-state index is 10.9. The van der Waals surface area contributed by atoms with Crippen LogP contribution in [0.1, 0.15) is 17.5 Å². The van der Waals surface area contributed by atoms with Crippen molar-refractivity contribution in [1.82, 2.24) is 0 Å². The van der Waals surface area contributed by atoms with Gasteiger partial charge < -0.3 is 15.5 Å². The number of anilines is 1. The summed E-state index contributed by atoms with van der Waals surface area (Å²) in [6, 6.07) is 5.80. The highest BCUT2D eigenvalue weighted by Crippen LogP contribution is 2.15. The van der Waals surface area contributed by atoms with Crippen molar-refractivity contribution in [1.29, 1.82) is 0 Å². The number of nitrogens with one attached hydrogen (secondary N) is 1. The van der Waals surface area contributed by atoms with Crippen LogP contribution in [-0.2, 0) is 9.59 Å². The second kappa shape index (κ2) is 6.05. The zero-order valence-electron chi connectivity index (χ0n) is 10.4. The number of carbonyl (C=O) groups is 2. The van der Waals surface area contributed by atoms with E-state index in [1.165, 1.54) is 0 Å². The van der Waals surface area contributed by atoms with Gasteiger partial charge >= 0.3 is 11.9 Å². The van der Waals surface area contributed by atoms with Gasteiger partial charge in [-0.1, -0.05) is 6.07 Å². The topological polar surface area (TPSA) is 86.6 Å². The first-order valence-corrected chi connectivity index (χ1v) is 5.65. The van der Waals surface area contributed by atoms with Gasteiger partial charge in [-0.05, 0) is 37.1 Å². The van der Waals surface area contributed by atoms with Crippen LogP contribution in [0.5, 0.6) is 0 Å². The first-order valence-electron chi connectivity index (χ1n) is 5.65. The molecule has 0 heterocycles. The summed E-state index contributed by atoms with van der Waals surface area (Å²) in [7, 11) is 0. The number of rotatable bonds is 6. The molecule has 0 radical (unpaired) electrons. The van der Waals surface area contributed by atoms with Crippen molar-refractivity contribution >= 4 is 17.6 Å². The van der Waals surface area contributed by atoms with E-state index in [1.54, 1.807) is 0 Å². The van der Waals surface area contributed by atoms with Gasteiger partial charge in [-0.3, -0.25) is 9.59 Å². The highest BCUT2D eigenvalue weighted by atomic mass is 16.4. The molecule has 0 saturated heterocycles. The molecule has 5 nitrogen and oxygen atoms in total. The molecule has 0 spiro atoms. The molecule has 0 aliphatic carbocycles. The summed E-state index contributed by atoms with van der Waals surface area (Å²) in [6.45, 7) is 4.00. The van der Waals surface area contributed by atoms with Gasteiger partial charge in [-0.2, -0.15) is 0 Å². The van der Waals surface area contributed by atoms with Gasteiger partial charge in [0.15, 0.2) is 0 Å². The van der Waals surface area contributed by atoms with E-state index in [1.807, 2.05) is 32.0 Å². The van der Waals surface area contributed by atoms with Crippen molar-refractivity contribution in [3.8, 4) is 0 Å². The molecule has 0 aromatic heterocycles.